The Kier molecular flexibility index (Phi) is 2.32. The monoisotopic (exact) mass is 187 g/mol. The lowest BCUT2D eigenvalue weighted by atomic mass is 10.3. The van der Waals surface area contributed by atoms with Gasteiger partial charge < -0.3 is 9.52 Å². The Labute approximate surface area is 81.3 Å². The van der Waals surface area contributed by atoms with Crippen LogP contribution in [0.15, 0.2) is 52.1 Å². The number of phenolic OH excluding ortho intramolecular Hbond substituents is 1. The van der Waals surface area contributed by atoms with Gasteiger partial charge in [0.15, 0.2) is 0 Å². The third-order valence-corrected chi connectivity index (χ3v) is 1.71. The Morgan fingerprint density at radius 2 is 2.14 bits per heavy atom. The molecule has 0 aliphatic rings. The predicted octanol–water partition coefficient (Wildman–Crippen LogP) is 2.74. The van der Waals surface area contributed by atoms with Crippen LogP contribution in [0.5, 0.6) is 5.75 Å². The van der Waals surface area contributed by atoms with Crippen LogP contribution in [0.4, 0.5) is 5.69 Å². The maximum Gasteiger partial charge on any atom is 0.144 e. The average Bonchev–Trinajstić information content (AvgIpc) is 2.67. The van der Waals surface area contributed by atoms with Crippen molar-refractivity contribution in [3.63, 3.8) is 0 Å². The molecule has 2 rings (SSSR count). The molecule has 0 aliphatic heterocycles. The van der Waals surface area contributed by atoms with E-state index in [1.807, 2.05) is 6.07 Å². The van der Waals surface area contributed by atoms with Crippen LogP contribution in [-0.2, 0) is 0 Å². The Morgan fingerprint density at radius 3 is 2.86 bits per heavy atom. The van der Waals surface area contributed by atoms with Gasteiger partial charge in [-0.05, 0) is 24.3 Å². The number of phenols is 1. The van der Waals surface area contributed by atoms with Crippen LogP contribution in [0.1, 0.15) is 5.76 Å². The first-order valence-electron chi connectivity index (χ1n) is 4.21. The number of aromatic hydroxyl groups is 1. The second kappa shape index (κ2) is 3.79. The molecular formula is C11H9NO2. The number of aliphatic imine (C=N–C) groups is 1. The fourth-order valence-corrected chi connectivity index (χ4v) is 1.08. The van der Waals surface area contributed by atoms with Gasteiger partial charge in [-0.25, -0.2) is 0 Å². The van der Waals surface area contributed by atoms with E-state index in [4.69, 9.17) is 4.42 Å². The Bertz CT molecular complexity index is 432. The fraction of sp³-hybridized carbons (Fsp3) is 0. The Hall–Kier alpha value is -2.03. The van der Waals surface area contributed by atoms with Crippen molar-refractivity contribution in [2.45, 2.75) is 0 Å². The van der Waals surface area contributed by atoms with E-state index < -0.39 is 0 Å². The minimum Gasteiger partial charge on any atom is -0.508 e. The Balaban J connectivity index is 2.18. The maximum absolute atomic E-state index is 9.17. The van der Waals surface area contributed by atoms with E-state index in [0.29, 0.717) is 11.4 Å². The SMILES string of the molecule is Oc1cccc(N=Cc2ccco2)c1. The molecule has 0 fully saturated rings. The van der Waals surface area contributed by atoms with Crippen molar-refractivity contribution in [1.29, 1.82) is 0 Å². The molecule has 0 saturated heterocycles. The molecule has 1 heterocycles. The second-order valence-corrected chi connectivity index (χ2v) is 2.79. The molecule has 1 aromatic heterocycles. The van der Waals surface area contributed by atoms with Crippen molar-refractivity contribution in [2.24, 2.45) is 4.99 Å². The molecule has 0 saturated carbocycles. The average molecular weight is 187 g/mol. The van der Waals surface area contributed by atoms with E-state index in [0.717, 1.165) is 0 Å². The summed E-state index contributed by atoms with van der Waals surface area (Å²) in [6.07, 6.45) is 3.19. The van der Waals surface area contributed by atoms with Gasteiger partial charge in [0, 0.05) is 6.07 Å². The molecule has 0 radical (unpaired) electrons. The van der Waals surface area contributed by atoms with Crippen molar-refractivity contribution in [2.75, 3.05) is 0 Å². The molecule has 2 aromatic rings. The fourth-order valence-electron chi connectivity index (χ4n) is 1.08. The minimum absolute atomic E-state index is 0.207. The van der Waals surface area contributed by atoms with Gasteiger partial charge in [0.2, 0.25) is 0 Å². The van der Waals surface area contributed by atoms with Crippen molar-refractivity contribution in [3.05, 3.63) is 48.4 Å². The summed E-state index contributed by atoms with van der Waals surface area (Å²) in [4.78, 5) is 4.13. The number of hydrogen-bond acceptors (Lipinski definition) is 3. The summed E-state index contributed by atoms with van der Waals surface area (Å²) in [7, 11) is 0. The van der Waals surface area contributed by atoms with E-state index >= 15 is 0 Å². The zero-order chi connectivity index (χ0) is 9.80. The molecule has 70 valence electrons. The minimum atomic E-state index is 0.207. The number of nitrogens with zero attached hydrogens (tertiary/aromatic N) is 1. The lowest BCUT2D eigenvalue weighted by Gasteiger charge is -1.93. The van der Waals surface area contributed by atoms with E-state index in [-0.39, 0.29) is 5.75 Å². The van der Waals surface area contributed by atoms with Gasteiger partial charge in [-0.2, -0.15) is 0 Å². The van der Waals surface area contributed by atoms with Crippen LogP contribution in [0.3, 0.4) is 0 Å². The topological polar surface area (TPSA) is 45.7 Å². The summed E-state index contributed by atoms with van der Waals surface area (Å²) in [5.41, 5.74) is 0.696. The van der Waals surface area contributed by atoms with Crippen molar-refractivity contribution < 1.29 is 9.52 Å². The zero-order valence-corrected chi connectivity index (χ0v) is 7.42. The second-order valence-electron chi connectivity index (χ2n) is 2.79. The van der Waals surface area contributed by atoms with E-state index in [9.17, 15) is 5.11 Å². The van der Waals surface area contributed by atoms with Gasteiger partial charge in [-0.15, -0.1) is 0 Å². The number of furan rings is 1. The molecule has 14 heavy (non-hydrogen) atoms. The molecule has 1 N–H and O–H groups in total. The molecule has 1 aromatic carbocycles. The molecule has 3 nitrogen and oxygen atoms in total. The highest BCUT2D eigenvalue weighted by Gasteiger charge is 1.91. The van der Waals surface area contributed by atoms with Gasteiger partial charge >= 0.3 is 0 Å². The molecule has 0 unspecified atom stereocenters. The number of rotatable bonds is 2. The molecule has 0 bridgehead atoms. The summed E-state index contributed by atoms with van der Waals surface area (Å²) in [6, 6.07) is 10.3. The highest BCUT2D eigenvalue weighted by Crippen LogP contribution is 2.18. The lowest BCUT2D eigenvalue weighted by molar-refractivity contribution is 0.475. The molecule has 0 spiro atoms. The maximum atomic E-state index is 9.17. The van der Waals surface area contributed by atoms with Gasteiger partial charge in [0.05, 0.1) is 18.2 Å². The first-order valence-corrected chi connectivity index (χ1v) is 4.21. The van der Waals surface area contributed by atoms with Gasteiger partial charge in [0.25, 0.3) is 0 Å². The predicted molar refractivity (Wildman–Crippen MR) is 54.1 cm³/mol. The first-order chi connectivity index (χ1) is 6.84. The standard InChI is InChI=1S/C11H9NO2/c13-10-4-1-3-9(7-10)12-8-11-5-2-6-14-11/h1-8,13H. The molecule has 3 heteroatoms. The quantitative estimate of drug-likeness (QED) is 0.734. The summed E-state index contributed by atoms with van der Waals surface area (Å²) < 4.78 is 5.07. The highest BCUT2D eigenvalue weighted by atomic mass is 16.3. The number of benzene rings is 1. The van der Waals surface area contributed by atoms with Gasteiger partial charge in [-0.1, -0.05) is 6.07 Å². The van der Waals surface area contributed by atoms with E-state index in [2.05, 4.69) is 4.99 Å². The van der Waals surface area contributed by atoms with Crippen molar-refractivity contribution in [3.8, 4) is 5.75 Å². The molecule has 0 atom stereocenters. The summed E-state index contributed by atoms with van der Waals surface area (Å²) in [6.45, 7) is 0. The normalized spacial score (nSPS) is 10.9. The van der Waals surface area contributed by atoms with E-state index in [1.54, 1.807) is 42.8 Å². The largest absolute Gasteiger partial charge is 0.508 e. The van der Waals surface area contributed by atoms with Gasteiger partial charge in [0.1, 0.15) is 11.5 Å². The van der Waals surface area contributed by atoms with Crippen LogP contribution < -0.4 is 0 Å². The van der Waals surface area contributed by atoms with E-state index in [1.165, 1.54) is 0 Å². The van der Waals surface area contributed by atoms with Crippen molar-refractivity contribution >= 4 is 11.9 Å². The molecule has 0 aliphatic carbocycles. The molecular weight excluding hydrogens is 178 g/mol. The third-order valence-electron chi connectivity index (χ3n) is 1.71. The van der Waals surface area contributed by atoms with Crippen LogP contribution in [0, 0.1) is 0 Å². The number of hydrogen-bond donors (Lipinski definition) is 1. The van der Waals surface area contributed by atoms with Crippen LogP contribution in [0.25, 0.3) is 0 Å². The van der Waals surface area contributed by atoms with Crippen LogP contribution >= 0.6 is 0 Å². The first kappa shape index (κ1) is 8.56. The zero-order valence-electron chi connectivity index (χ0n) is 7.42. The van der Waals surface area contributed by atoms with Crippen molar-refractivity contribution in [1.82, 2.24) is 0 Å². The van der Waals surface area contributed by atoms with Crippen LogP contribution in [-0.4, -0.2) is 11.3 Å². The summed E-state index contributed by atoms with van der Waals surface area (Å²) in [5, 5.41) is 9.17. The summed E-state index contributed by atoms with van der Waals surface area (Å²) >= 11 is 0. The van der Waals surface area contributed by atoms with Gasteiger partial charge in [-0.3, -0.25) is 4.99 Å². The Morgan fingerprint density at radius 1 is 1.21 bits per heavy atom. The smallest absolute Gasteiger partial charge is 0.144 e. The third kappa shape index (κ3) is 2.01. The van der Waals surface area contributed by atoms with Crippen LogP contribution in [0.2, 0.25) is 0 Å². The highest BCUT2D eigenvalue weighted by molar-refractivity contribution is 5.78. The lowest BCUT2D eigenvalue weighted by Crippen LogP contribution is -1.73. The molecule has 0 amide bonds. The summed E-state index contributed by atoms with van der Waals surface area (Å²) in [5.74, 6) is 0.896.